The highest BCUT2D eigenvalue weighted by Gasteiger charge is 2.34. The molecule has 2 N–H and O–H groups in total. The number of halogens is 1. The van der Waals surface area contributed by atoms with Gasteiger partial charge in [-0.25, -0.2) is 4.79 Å². The van der Waals surface area contributed by atoms with Crippen molar-refractivity contribution in [1.29, 1.82) is 5.26 Å². The third-order valence-electron chi connectivity index (χ3n) is 3.31. The normalized spacial score (nSPS) is 14.0. The first-order chi connectivity index (χ1) is 11.0. The van der Waals surface area contributed by atoms with Crippen LogP contribution < -0.4 is 5.32 Å². The van der Waals surface area contributed by atoms with Gasteiger partial charge in [-0.05, 0) is 18.2 Å². The van der Waals surface area contributed by atoms with Crippen LogP contribution in [0, 0.1) is 11.3 Å². The van der Waals surface area contributed by atoms with Gasteiger partial charge < -0.3 is 20.1 Å². The summed E-state index contributed by atoms with van der Waals surface area (Å²) in [4.78, 5) is 25.6. The number of benzene rings is 1. The molecule has 0 radical (unpaired) electrons. The van der Waals surface area contributed by atoms with E-state index in [-0.39, 0.29) is 31.0 Å². The van der Waals surface area contributed by atoms with Crippen LogP contribution in [0.25, 0.3) is 0 Å². The number of methoxy groups -OCH3 is 1. The summed E-state index contributed by atoms with van der Waals surface area (Å²) >= 11 is 6.06. The van der Waals surface area contributed by atoms with E-state index in [0.717, 1.165) is 0 Å². The second-order valence-electron chi connectivity index (χ2n) is 4.73. The number of carbonyl (C=O) groups is 2. The van der Waals surface area contributed by atoms with Crippen LogP contribution in [0.2, 0.25) is 5.02 Å². The third kappa shape index (κ3) is 3.44. The van der Waals surface area contributed by atoms with Gasteiger partial charge in [0, 0.05) is 6.54 Å². The number of esters is 1. The summed E-state index contributed by atoms with van der Waals surface area (Å²) in [7, 11) is 1.22. The van der Waals surface area contributed by atoms with E-state index < -0.39 is 11.9 Å². The van der Waals surface area contributed by atoms with Crippen LogP contribution in [0.3, 0.4) is 0 Å². The fourth-order valence-corrected chi connectivity index (χ4v) is 2.34. The van der Waals surface area contributed by atoms with Crippen LogP contribution >= 0.6 is 11.6 Å². The average Bonchev–Trinajstić information content (AvgIpc) is 2.86. The molecule has 1 heterocycles. The number of aliphatic hydroxyl groups excluding tert-OH is 1. The minimum Gasteiger partial charge on any atom is -0.466 e. The molecule has 0 bridgehead atoms. The number of anilines is 1. The Balaban J connectivity index is 2.39. The van der Waals surface area contributed by atoms with Gasteiger partial charge in [0.1, 0.15) is 5.70 Å². The highest BCUT2D eigenvalue weighted by molar-refractivity contribution is 6.33. The first kappa shape index (κ1) is 16.8. The van der Waals surface area contributed by atoms with E-state index in [2.05, 4.69) is 10.1 Å². The van der Waals surface area contributed by atoms with E-state index in [9.17, 15) is 9.59 Å². The number of carbonyl (C=O) groups excluding carboxylic acids is 2. The fourth-order valence-electron chi connectivity index (χ4n) is 2.17. The lowest BCUT2D eigenvalue weighted by atomic mass is 10.2. The number of nitrogens with zero attached hydrogens (tertiary/aromatic N) is 2. The molecule has 1 aliphatic rings. The van der Waals surface area contributed by atoms with E-state index in [1.165, 1.54) is 30.2 Å². The van der Waals surface area contributed by atoms with E-state index in [4.69, 9.17) is 22.0 Å². The quantitative estimate of drug-likeness (QED) is 0.774. The van der Waals surface area contributed by atoms with Crippen molar-refractivity contribution in [1.82, 2.24) is 4.90 Å². The Hall–Kier alpha value is -2.56. The lowest BCUT2D eigenvalue weighted by molar-refractivity contribution is -0.136. The molecular weight excluding hydrogens is 322 g/mol. The molecule has 0 saturated carbocycles. The number of β-amino-alcohol motifs (C(OH)–C–C–N with tert-alkyl or cyclic N) is 1. The van der Waals surface area contributed by atoms with E-state index in [0.29, 0.717) is 16.3 Å². The van der Waals surface area contributed by atoms with Crippen molar-refractivity contribution in [3.05, 3.63) is 40.1 Å². The molecule has 1 aromatic rings. The highest BCUT2D eigenvalue weighted by Crippen LogP contribution is 2.28. The zero-order valence-electron chi connectivity index (χ0n) is 12.3. The van der Waals surface area contributed by atoms with Gasteiger partial charge in [-0.1, -0.05) is 11.6 Å². The van der Waals surface area contributed by atoms with Gasteiger partial charge in [0.15, 0.2) is 0 Å². The standard InChI is InChI=1S/C15H14ClN3O4/c1-23-15(22)10-8-19(4-5-20)14(21)13(10)18-12-6-9(7-17)2-3-11(12)16/h2-3,6,18,20H,4-5,8H2,1H3. The van der Waals surface area contributed by atoms with Crippen LogP contribution in [0.1, 0.15) is 5.56 Å². The molecule has 1 aromatic carbocycles. The predicted molar refractivity (Wildman–Crippen MR) is 82.5 cm³/mol. The summed E-state index contributed by atoms with van der Waals surface area (Å²) in [6.45, 7) is -0.0986. The Morgan fingerprint density at radius 3 is 2.91 bits per heavy atom. The SMILES string of the molecule is COC(=O)C1=C(Nc2cc(C#N)ccc2Cl)C(=O)N(CCO)C1. The maximum absolute atomic E-state index is 12.4. The van der Waals surface area contributed by atoms with Gasteiger partial charge in [-0.2, -0.15) is 5.26 Å². The van der Waals surface area contributed by atoms with Crippen molar-refractivity contribution < 1.29 is 19.4 Å². The summed E-state index contributed by atoms with van der Waals surface area (Å²) in [5, 5.41) is 21.1. The molecule has 0 atom stereocenters. The molecule has 0 fully saturated rings. The first-order valence-electron chi connectivity index (χ1n) is 6.70. The zero-order valence-corrected chi connectivity index (χ0v) is 13.1. The number of amides is 1. The van der Waals surface area contributed by atoms with Crippen molar-refractivity contribution in [3.8, 4) is 6.07 Å². The Morgan fingerprint density at radius 1 is 1.57 bits per heavy atom. The minimum absolute atomic E-state index is 0.0299. The van der Waals surface area contributed by atoms with Crippen molar-refractivity contribution in [2.45, 2.75) is 0 Å². The molecule has 1 amide bonds. The Kier molecular flexibility index (Phi) is 5.21. The number of aliphatic hydroxyl groups is 1. The maximum atomic E-state index is 12.4. The molecule has 23 heavy (non-hydrogen) atoms. The molecule has 0 aliphatic carbocycles. The number of rotatable bonds is 5. The lowest BCUT2D eigenvalue weighted by Gasteiger charge is -2.15. The zero-order chi connectivity index (χ0) is 17.0. The largest absolute Gasteiger partial charge is 0.466 e. The van der Waals surface area contributed by atoms with Gasteiger partial charge in [-0.3, -0.25) is 4.79 Å². The maximum Gasteiger partial charge on any atom is 0.337 e. The molecule has 0 aromatic heterocycles. The van der Waals surface area contributed by atoms with E-state index >= 15 is 0 Å². The number of nitrogens with one attached hydrogen (secondary N) is 1. The average molecular weight is 336 g/mol. The molecule has 0 unspecified atom stereocenters. The van der Waals surface area contributed by atoms with Crippen molar-refractivity contribution in [3.63, 3.8) is 0 Å². The summed E-state index contributed by atoms with van der Waals surface area (Å²) in [6.07, 6.45) is 0. The number of ether oxygens (including phenoxy) is 1. The first-order valence-corrected chi connectivity index (χ1v) is 7.08. The number of hydrogen-bond acceptors (Lipinski definition) is 6. The second kappa shape index (κ2) is 7.13. The molecule has 0 saturated heterocycles. The number of hydrogen-bond donors (Lipinski definition) is 2. The smallest absolute Gasteiger partial charge is 0.337 e. The molecule has 1 aliphatic heterocycles. The van der Waals surface area contributed by atoms with Crippen LogP contribution in [0.15, 0.2) is 29.5 Å². The molecular formula is C15H14ClN3O4. The second-order valence-corrected chi connectivity index (χ2v) is 5.13. The third-order valence-corrected chi connectivity index (χ3v) is 3.64. The van der Waals surface area contributed by atoms with Crippen molar-refractivity contribution >= 4 is 29.2 Å². The fraction of sp³-hybridized carbons (Fsp3) is 0.267. The summed E-state index contributed by atoms with van der Waals surface area (Å²) < 4.78 is 4.69. The monoisotopic (exact) mass is 335 g/mol. The number of nitriles is 1. The molecule has 2 rings (SSSR count). The predicted octanol–water partition coefficient (Wildman–Crippen LogP) is 0.885. The highest BCUT2D eigenvalue weighted by atomic mass is 35.5. The van der Waals surface area contributed by atoms with Crippen LogP contribution in [0.5, 0.6) is 0 Å². The summed E-state index contributed by atoms with van der Waals surface area (Å²) in [5.74, 6) is -1.09. The summed E-state index contributed by atoms with van der Waals surface area (Å²) in [6, 6.07) is 6.51. The molecule has 0 spiro atoms. The lowest BCUT2D eigenvalue weighted by Crippen LogP contribution is -2.31. The van der Waals surface area contributed by atoms with Crippen LogP contribution in [-0.2, 0) is 14.3 Å². The van der Waals surface area contributed by atoms with Crippen molar-refractivity contribution in [2.75, 3.05) is 32.1 Å². The Morgan fingerprint density at radius 2 is 2.30 bits per heavy atom. The van der Waals surface area contributed by atoms with E-state index in [1.807, 2.05) is 6.07 Å². The van der Waals surface area contributed by atoms with E-state index in [1.54, 1.807) is 0 Å². The van der Waals surface area contributed by atoms with Crippen LogP contribution in [0.4, 0.5) is 5.69 Å². The summed E-state index contributed by atoms with van der Waals surface area (Å²) in [5.41, 5.74) is 0.864. The Labute approximate surface area is 137 Å². The van der Waals surface area contributed by atoms with Crippen LogP contribution in [-0.4, -0.2) is 48.7 Å². The van der Waals surface area contributed by atoms with Gasteiger partial charge in [0.05, 0.1) is 48.2 Å². The Bertz CT molecular complexity index is 724. The van der Waals surface area contributed by atoms with Gasteiger partial charge in [0.2, 0.25) is 0 Å². The van der Waals surface area contributed by atoms with Gasteiger partial charge in [-0.15, -0.1) is 0 Å². The van der Waals surface area contributed by atoms with Gasteiger partial charge >= 0.3 is 5.97 Å². The topological polar surface area (TPSA) is 103 Å². The minimum atomic E-state index is -0.645. The molecule has 8 heteroatoms. The van der Waals surface area contributed by atoms with Crippen molar-refractivity contribution in [2.24, 2.45) is 0 Å². The molecule has 7 nitrogen and oxygen atoms in total. The molecule has 120 valence electrons. The van der Waals surface area contributed by atoms with Gasteiger partial charge in [0.25, 0.3) is 5.91 Å².